The number of rotatable bonds is 6. The Hall–Kier alpha value is -3.61. The summed E-state index contributed by atoms with van der Waals surface area (Å²) in [5.74, 6) is -0.555. The number of aromatic amines is 1. The van der Waals surface area contributed by atoms with Gasteiger partial charge in [-0.05, 0) is 42.0 Å². The first kappa shape index (κ1) is 23.8. The van der Waals surface area contributed by atoms with Gasteiger partial charge in [0, 0.05) is 34.6 Å². The number of nitrogens with zero attached hydrogens (tertiary/aromatic N) is 1. The van der Waals surface area contributed by atoms with Crippen LogP contribution < -0.4 is 10.6 Å². The first-order valence-corrected chi connectivity index (χ1v) is 13.6. The first-order chi connectivity index (χ1) is 18.0. The molecule has 3 amide bonds. The summed E-state index contributed by atoms with van der Waals surface area (Å²) < 4.78 is 0. The standard InChI is InChI=1S/C30H34N4O3/c1-3-17(2)25(29(36)31-18-10-4-5-11-18)33-28(35)24-16-22-19-12-8-9-15-23(19)32-26(22)27-20-13-6-7-14-21(20)30(37)34(24)27/h6-9,12-15,17-18,24-25,27,32H,3-5,10-11,16H2,1-2H3,(H,31,36)(H,33,35)/t17-,24+,25+,27+/m1/s1. The second-order valence-electron chi connectivity index (χ2n) is 10.8. The van der Waals surface area contributed by atoms with Gasteiger partial charge in [0.2, 0.25) is 11.8 Å². The van der Waals surface area contributed by atoms with E-state index in [-0.39, 0.29) is 35.7 Å². The molecule has 7 nitrogen and oxygen atoms in total. The first-order valence-electron chi connectivity index (χ1n) is 13.6. The molecule has 1 aliphatic carbocycles. The highest BCUT2D eigenvalue weighted by Gasteiger charge is 2.49. The fourth-order valence-corrected chi connectivity index (χ4v) is 6.45. The third kappa shape index (κ3) is 3.92. The smallest absolute Gasteiger partial charge is 0.255 e. The molecule has 6 rings (SSSR count). The number of para-hydroxylation sites is 1. The summed E-state index contributed by atoms with van der Waals surface area (Å²) in [5, 5.41) is 7.33. The molecular weight excluding hydrogens is 464 g/mol. The summed E-state index contributed by atoms with van der Waals surface area (Å²) in [4.78, 5) is 46.2. The highest BCUT2D eigenvalue weighted by Crippen LogP contribution is 2.46. The maximum absolute atomic E-state index is 14.0. The normalized spacial score (nSPS) is 22.3. The summed E-state index contributed by atoms with van der Waals surface area (Å²) in [6.07, 6.45) is 5.39. The van der Waals surface area contributed by atoms with E-state index < -0.39 is 12.1 Å². The van der Waals surface area contributed by atoms with Crippen LogP contribution in [0, 0.1) is 5.92 Å². The molecule has 3 heterocycles. The molecule has 7 heteroatoms. The lowest BCUT2D eigenvalue weighted by Crippen LogP contribution is -2.58. The van der Waals surface area contributed by atoms with Gasteiger partial charge in [0.05, 0.1) is 6.04 Å². The Labute approximate surface area is 217 Å². The molecule has 2 aromatic carbocycles. The van der Waals surface area contributed by atoms with Gasteiger partial charge in [0.1, 0.15) is 12.1 Å². The Bertz CT molecular complexity index is 1370. The summed E-state index contributed by atoms with van der Waals surface area (Å²) in [5.41, 5.74) is 4.58. The number of aromatic nitrogens is 1. The molecule has 1 saturated carbocycles. The van der Waals surface area contributed by atoms with Crippen molar-refractivity contribution >= 4 is 28.6 Å². The number of hydrogen-bond donors (Lipinski definition) is 3. The molecule has 0 unspecified atom stereocenters. The van der Waals surface area contributed by atoms with E-state index in [1.165, 1.54) is 0 Å². The lowest BCUT2D eigenvalue weighted by molar-refractivity contribution is -0.133. The molecule has 3 N–H and O–H groups in total. The van der Waals surface area contributed by atoms with Crippen LogP contribution in [-0.4, -0.2) is 45.7 Å². The van der Waals surface area contributed by atoms with E-state index in [2.05, 4.69) is 21.7 Å². The lowest BCUT2D eigenvalue weighted by Gasteiger charge is -2.38. The van der Waals surface area contributed by atoms with Crippen molar-refractivity contribution in [3.8, 4) is 0 Å². The molecule has 0 spiro atoms. The Balaban J connectivity index is 1.36. The van der Waals surface area contributed by atoms with Crippen LogP contribution in [0.2, 0.25) is 0 Å². The van der Waals surface area contributed by atoms with Crippen LogP contribution >= 0.6 is 0 Å². The van der Waals surface area contributed by atoms with Gasteiger partial charge in [-0.1, -0.05) is 69.5 Å². The largest absolute Gasteiger partial charge is 0.356 e. The van der Waals surface area contributed by atoms with Crippen LogP contribution in [-0.2, 0) is 16.0 Å². The van der Waals surface area contributed by atoms with E-state index in [0.717, 1.165) is 59.8 Å². The number of benzene rings is 2. The highest BCUT2D eigenvalue weighted by molar-refractivity contribution is 6.04. The van der Waals surface area contributed by atoms with Gasteiger partial charge in [-0.3, -0.25) is 14.4 Å². The Kier molecular flexibility index (Phi) is 6.01. The number of H-pyrrole nitrogens is 1. The minimum absolute atomic E-state index is 0.0279. The average molecular weight is 499 g/mol. The van der Waals surface area contributed by atoms with Crippen molar-refractivity contribution < 1.29 is 14.4 Å². The minimum atomic E-state index is -0.706. The van der Waals surface area contributed by atoms with Gasteiger partial charge in [0.15, 0.2) is 0 Å². The summed E-state index contributed by atoms with van der Waals surface area (Å²) >= 11 is 0. The molecule has 1 aromatic heterocycles. The van der Waals surface area contributed by atoms with E-state index in [9.17, 15) is 14.4 Å². The SMILES string of the molecule is CC[C@@H](C)[C@H](NC(=O)[C@@H]1Cc2c([nH]c3ccccc23)[C@@H]2c3ccccc3C(=O)N21)C(=O)NC1CCCC1. The third-order valence-electron chi connectivity index (χ3n) is 8.65. The molecular formula is C30H34N4O3. The van der Waals surface area contributed by atoms with Crippen LogP contribution in [0.15, 0.2) is 48.5 Å². The predicted octanol–water partition coefficient (Wildman–Crippen LogP) is 4.23. The molecule has 0 bridgehead atoms. The number of carbonyl (C=O) groups is 3. The monoisotopic (exact) mass is 498 g/mol. The Morgan fingerprint density at radius 2 is 1.81 bits per heavy atom. The zero-order valence-corrected chi connectivity index (χ0v) is 21.4. The summed E-state index contributed by atoms with van der Waals surface area (Å²) in [6, 6.07) is 14.2. The zero-order chi connectivity index (χ0) is 25.7. The maximum Gasteiger partial charge on any atom is 0.255 e. The molecule has 0 saturated heterocycles. The second-order valence-corrected chi connectivity index (χ2v) is 10.8. The summed E-state index contributed by atoms with van der Waals surface area (Å²) in [6.45, 7) is 4.03. The molecule has 1 fully saturated rings. The van der Waals surface area contributed by atoms with Crippen LogP contribution in [0.25, 0.3) is 10.9 Å². The Morgan fingerprint density at radius 1 is 1.08 bits per heavy atom. The van der Waals surface area contributed by atoms with Crippen molar-refractivity contribution in [2.45, 2.75) is 76.5 Å². The zero-order valence-electron chi connectivity index (χ0n) is 21.4. The molecule has 0 radical (unpaired) electrons. The highest BCUT2D eigenvalue weighted by atomic mass is 16.2. The van der Waals surface area contributed by atoms with Crippen molar-refractivity contribution in [2.24, 2.45) is 5.92 Å². The lowest BCUT2D eigenvalue weighted by atomic mass is 9.89. The van der Waals surface area contributed by atoms with Gasteiger partial charge in [-0.2, -0.15) is 0 Å². The van der Waals surface area contributed by atoms with E-state index in [1.807, 2.05) is 56.3 Å². The second kappa shape index (κ2) is 9.36. The van der Waals surface area contributed by atoms with Crippen LogP contribution in [0.1, 0.15) is 79.2 Å². The van der Waals surface area contributed by atoms with Crippen molar-refractivity contribution in [3.63, 3.8) is 0 Å². The molecule has 3 aliphatic rings. The van der Waals surface area contributed by atoms with E-state index in [0.29, 0.717) is 12.0 Å². The fraction of sp³-hybridized carbons (Fsp3) is 0.433. The predicted molar refractivity (Wildman–Crippen MR) is 142 cm³/mol. The van der Waals surface area contributed by atoms with Crippen molar-refractivity contribution in [2.75, 3.05) is 0 Å². The molecule has 4 atom stereocenters. The van der Waals surface area contributed by atoms with Crippen LogP contribution in [0.3, 0.4) is 0 Å². The quantitative estimate of drug-likeness (QED) is 0.475. The van der Waals surface area contributed by atoms with E-state index in [4.69, 9.17) is 0 Å². The molecule has 37 heavy (non-hydrogen) atoms. The van der Waals surface area contributed by atoms with E-state index >= 15 is 0 Å². The average Bonchev–Trinajstić information content (AvgIpc) is 3.63. The van der Waals surface area contributed by atoms with Gasteiger partial charge in [-0.15, -0.1) is 0 Å². The van der Waals surface area contributed by atoms with E-state index in [1.54, 1.807) is 4.90 Å². The van der Waals surface area contributed by atoms with Gasteiger partial charge in [-0.25, -0.2) is 0 Å². The van der Waals surface area contributed by atoms with Crippen molar-refractivity contribution in [1.82, 2.24) is 20.5 Å². The van der Waals surface area contributed by atoms with Gasteiger partial charge >= 0.3 is 0 Å². The van der Waals surface area contributed by atoms with Crippen LogP contribution in [0.4, 0.5) is 0 Å². The molecule has 2 aliphatic heterocycles. The van der Waals surface area contributed by atoms with Gasteiger partial charge < -0.3 is 20.5 Å². The van der Waals surface area contributed by atoms with Crippen molar-refractivity contribution in [1.29, 1.82) is 0 Å². The number of hydrogen-bond acceptors (Lipinski definition) is 3. The number of amides is 3. The molecule has 192 valence electrons. The fourth-order valence-electron chi connectivity index (χ4n) is 6.45. The number of carbonyl (C=O) groups excluding carboxylic acids is 3. The molecule has 3 aromatic rings. The maximum atomic E-state index is 14.0. The number of nitrogens with one attached hydrogen (secondary N) is 3. The van der Waals surface area contributed by atoms with Crippen LogP contribution in [0.5, 0.6) is 0 Å². The number of fused-ring (bicyclic) bond motifs is 7. The minimum Gasteiger partial charge on any atom is -0.356 e. The topological polar surface area (TPSA) is 94.3 Å². The van der Waals surface area contributed by atoms with Gasteiger partial charge in [0.25, 0.3) is 5.91 Å². The summed E-state index contributed by atoms with van der Waals surface area (Å²) in [7, 11) is 0. The van der Waals surface area contributed by atoms with Crippen molar-refractivity contribution in [3.05, 3.63) is 70.9 Å². The Morgan fingerprint density at radius 3 is 2.59 bits per heavy atom. The third-order valence-corrected chi connectivity index (χ3v) is 8.65.